The summed E-state index contributed by atoms with van der Waals surface area (Å²) >= 11 is 0. The van der Waals surface area contributed by atoms with Gasteiger partial charge in [0.1, 0.15) is 23.9 Å². The molecule has 0 saturated carbocycles. The summed E-state index contributed by atoms with van der Waals surface area (Å²) in [4.78, 5) is 38.6. The minimum absolute atomic E-state index is 0.204. The number of benzene rings is 3. The molecule has 6 aromatic rings. The average Bonchev–Trinajstić information content (AvgIpc) is 3.45. The van der Waals surface area contributed by atoms with Crippen molar-refractivity contribution in [3.05, 3.63) is 137 Å². The standard InChI is InChI=1S/C33H27FN6O2/c34-28-9-5-4-8-27(28)23-12-10-22(11-13-23)17-36-30-20-38-32(24-6-2-1-3-7-24)40(33(30)42)21-31(41)37-19-26-16-25-18-35-15-14-29(25)39-26/h1-16,18,20,36,39H,17,19,21H2,(H,37,41). The number of carbonyl (C=O) groups excluding carboxylic acids is 1. The number of carbonyl (C=O) groups is 1. The quantitative estimate of drug-likeness (QED) is 0.217. The maximum atomic E-state index is 14.2. The molecule has 0 spiro atoms. The van der Waals surface area contributed by atoms with E-state index in [2.05, 4.69) is 25.6 Å². The number of aromatic nitrogens is 4. The van der Waals surface area contributed by atoms with E-state index in [0.717, 1.165) is 33.3 Å². The number of H-pyrrole nitrogens is 1. The van der Waals surface area contributed by atoms with Crippen LogP contribution in [-0.4, -0.2) is 25.4 Å². The molecule has 0 fully saturated rings. The van der Waals surface area contributed by atoms with Crippen LogP contribution in [0.4, 0.5) is 10.1 Å². The molecule has 0 atom stereocenters. The second-order valence-electron chi connectivity index (χ2n) is 9.82. The van der Waals surface area contributed by atoms with Gasteiger partial charge in [-0.05, 0) is 29.3 Å². The number of amides is 1. The van der Waals surface area contributed by atoms with E-state index in [-0.39, 0.29) is 36.1 Å². The van der Waals surface area contributed by atoms with Crippen LogP contribution in [0.1, 0.15) is 11.3 Å². The van der Waals surface area contributed by atoms with Crippen molar-refractivity contribution >= 4 is 22.5 Å². The third-order valence-electron chi connectivity index (χ3n) is 6.96. The zero-order valence-corrected chi connectivity index (χ0v) is 22.5. The van der Waals surface area contributed by atoms with E-state index in [9.17, 15) is 14.0 Å². The van der Waals surface area contributed by atoms with Crippen molar-refractivity contribution in [2.24, 2.45) is 0 Å². The second kappa shape index (κ2) is 11.9. The Balaban J connectivity index is 1.20. The first-order chi connectivity index (χ1) is 20.5. The first kappa shape index (κ1) is 26.6. The lowest BCUT2D eigenvalue weighted by Gasteiger charge is -2.15. The molecule has 42 heavy (non-hydrogen) atoms. The van der Waals surface area contributed by atoms with Gasteiger partial charge >= 0.3 is 0 Å². The lowest BCUT2D eigenvalue weighted by Crippen LogP contribution is -2.34. The van der Waals surface area contributed by atoms with Gasteiger partial charge in [0.25, 0.3) is 5.56 Å². The Morgan fingerprint density at radius 3 is 2.45 bits per heavy atom. The normalized spacial score (nSPS) is 11.0. The van der Waals surface area contributed by atoms with Gasteiger partial charge in [0.15, 0.2) is 0 Å². The Hall–Kier alpha value is -5.57. The highest BCUT2D eigenvalue weighted by Gasteiger charge is 2.16. The van der Waals surface area contributed by atoms with Crippen LogP contribution in [0.3, 0.4) is 0 Å². The molecule has 3 aromatic heterocycles. The highest BCUT2D eigenvalue weighted by Crippen LogP contribution is 2.23. The summed E-state index contributed by atoms with van der Waals surface area (Å²) in [5.74, 6) is -0.211. The molecule has 0 aliphatic rings. The minimum Gasteiger partial charge on any atom is -0.375 e. The zero-order valence-electron chi connectivity index (χ0n) is 22.5. The molecule has 9 heteroatoms. The van der Waals surface area contributed by atoms with E-state index in [1.807, 2.05) is 66.7 Å². The van der Waals surface area contributed by atoms with Gasteiger partial charge in [0, 0.05) is 46.7 Å². The molecule has 1 amide bonds. The molecule has 0 aliphatic heterocycles. The fourth-order valence-corrected chi connectivity index (χ4v) is 4.79. The second-order valence-corrected chi connectivity index (χ2v) is 9.82. The summed E-state index contributed by atoms with van der Waals surface area (Å²) in [6.07, 6.45) is 4.95. The topological polar surface area (TPSA) is 105 Å². The molecule has 3 aromatic carbocycles. The van der Waals surface area contributed by atoms with Crippen LogP contribution < -0.4 is 16.2 Å². The van der Waals surface area contributed by atoms with E-state index in [1.165, 1.54) is 16.8 Å². The Kier molecular flexibility index (Phi) is 7.54. The van der Waals surface area contributed by atoms with Crippen LogP contribution in [0.15, 0.2) is 114 Å². The predicted molar refractivity (Wildman–Crippen MR) is 161 cm³/mol. The Bertz CT molecular complexity index is 1880. The highest BCUT2D eigenvalue weighted by atomic mass is 19.1. The van der Waals surface area contributed by atoms with Crippen molar-refractivity contribution in [1.82, 2.24) is 24.8 Å². The molecule has 0 aliphatic carbocycles. The smallest absolute Gasteiger partial charge is 0.277 e. The van der Waals surface area contributed by atoms with Crippen LogP contribution >= 0.6 is 0 Å². The number of nitrogens with zero attached hydrogens (tertiary/aromatic N) is 3. The number of aromatic amines is 1. The van der Waals surface area contributed by atoms with E-state index < -0.39 is 0 Å². The molecule has 0 bridgehead atoms. The molecule has 6 rings (SSSR count). The first-order valence-electron chi connectivity index (χ1n) is 13.5. The first-order valence-corrected chi connectivity index (χ1v) is 13.5. The Labute approximate surface area is 240 Å². The third-order valence-corrected chi connectivity index (χ3v) is 6.96. The number of hydrogen-bond donors (Lipinski definition) is 3. The number of hydrogen-bond acceptors (Lipinski definition) is 5. The molecule has 3 N–H and O–H groups in total. The number of halogens is 1. The molecule has 208 valence electrons. The van der Waals surface area contributed by atoms with Gasteiger partial charge in [0.05, 0.1) is 12.7 Å². The monoisotopic (exact) mass is 558 g/mol. The number of fused-ring (bicyclic) bond motifs is 1. The molecule has 0 saturated heterocycles. The summed E-state index contributed by atoms with van der Waals surface area (Å²) in [5.41, 5.74) is 4.59. The van der Waals surface area contributed by atoms with Gasteiger partial charge < -0.3 is 15.6 Å². The van der Waals surface area contributed by atoms with Gasteiger partial charge in [0.2, 0.25) is 5.91 Å². The van der Waals surface area contributed by atoms with Gasteiger partial charge in [-0.1, -0.05) is 72.8 Å². The van der Waals surface area contributed by atoms with Crippen LogP contribution in [-0.2, 0) is 24.4 Å². The van der Waals surface area contributed by atoms with E-state index >= 15 is 0 Å². The van der Waals surface area contributed by atoms with Crippen molar-refractivity contribution in [2.75, 3.05) is 5.32 Å². The summed E-state index contributed by atoms with van der Waals surface area (Å²) in [6, 6.07) is 27.2. The molecular formula is C33H27FN6O2. The maximum absolute atomic E-state index is 14.2. The van der Waals surface area contributed by atoms with Gasteiger partial charge in [-0.25, -0.2) is 9.37 Å². The summed E-state index contributed by atoms with van der Waals surface area (Å²) in [5, 5.41) is 6.99. The Morgan fingerprint density at radius 2 is 1.67 bits per heavy atom. The van der Waals surface area contributed by atoms with Crippen molar-refractivity contribution in [2.45, 2.75) is 19.6 Å². The number of pyridine rings is 1. The molecule has 0 unspecified atom stereocenters. The van der Waals surface area contributed by atoms with Crippen molar-refractivity contribution in [3.8, 4) is 22.5 Å². The Morgan fingerprint density at radius 1 is 0.881 bits per heavy atom. The van der Waals surface area contributed by atoms with Crippen LogP contribution in [0.5, 0.6) is 0 Å². The van der Waals surface area contributed by atoms with Crippen LogP contribution in [0.25, 0.3) is 33.4 Å². The van der Waals surface area contributed by atoms with Crippen LogP contribution in [0.2, 0.25) is 0 Å². The summed E-state index contributed by atoms with van der Waals surface area (Å²) < 4.78 is 15.5. The molecule has 3 heterocycles. The SMILES string of the molecule is O=C(Cn1c(-c2ccccc2)ncc(NCc2ccc(-c3ccccc3F)cc2)c1=O)NCc1cc2cnccc2[nH]1. The largest absolute Gasteiger partial charge is 0.375 e. The maximum Gasteiger partial charge on any atom is 0.277 e. The highest BCUT2D eigenvalue weighted by molar-refractivity contribution is 5.80. The van der Waals surface area contributed by atoms with Crippen molar-refractivity contribution in [3.63, 3.8) is 0 Å². The molecule has 0 radical (unpaired) electrons. The van der Waals surface area contributed by atoms with E-state index in [1.54, 1.807) is 30.6 Å². The van der Waals surface area contributed by atoms with Gasteiger partial charge in [-0.2, -0.15) is 0 Å². The zero-order chi connectivity index (χ0) is 28.9. The van der Waals surface area contributed by atoms with Crippen molar-refractivity contribution < 1.29 is 9.18 Å². The molecule has 8 nitrogen and oxygen atoms in total. The van der Waals surface area contributed by atoms with E-state index in [4.69, 9.17) is 0 Å². The van der Waals surface area contributed by atoms with Crippen LogP contribution in [0, 0.1) is 5.82 Å². The lowest BCUT2D eigenvalue weighted by atomic mass is 10.0. The van der Waals surface area contributed by atoms with Crippen molar-refractivity contribution in [1.29, 1.82) is 0 Å². The molecular weight excluding hydrogens is 531 g/mol. The number of nitrogens with one attached hydrogen (secondary N) is 3. The fraction of sp³-hybridized carbons (Fsp3) is 0.0909. The summed E-state index contributed by atoms with van der Waals surface area (Å²) in [7, 11) is 0. The predicted octanol–water partition coefficient (Wildman–Crippen LogP) is 5.52. The minimum atomic E-state index is -0.362. The third kappa shape index (κ3) is 5.80. The average molecular weight is 559 g/mol. The number of rotatable bonds is 9. The van der Waals surface area contributed by atoms with Gasteiger partial charge in [-0.3, -0.25) is 19.1 Å². The lowest BCUT2D eigenvalue weighted by molar-refractivity contribution is -0.121. The summed E-state index contributed by atoms with van der Waals surface area (Å²) in [6.45, 7) is 0.419. The van der Waals surface area contributed by atoms with Gasteiger partial charge in [-0.15, -0.1) is 0 Å². The number of anilines is 1. The van der Waals surface area contributed by atoms with E-state index in [0.29, 0.717) is 17.9 Å². The fourth-order valence-electron chi connectivity index (χ4n) is 4.79.